The molecule has 0 saturated carbocycles. The van der Waals surface area contributed by atoms with Gasteiger partial charge in [0.15, 0.2) is 8.46 Å². The summed E-state index contributed by atoms with van der Waals surface area (Å²) in [4.78, 5) is 0. The Hall–Kier alpha value is 0.0600. The first-order valence-electron chi connectivity index (χ1n) is 3.41. The summed E-state index contributed by atoms with van der Waals surface area (Å²) in [6, 6.07) is 0. The minimum atomic E-state index is 0.283. The Morgan fingerprint density at radius 2 is 1.78 bits per heavy atom. The highest BCUT2D eigenvalue weighted by atomic mass is 31.1. The molecule has 0 aromatic heterocycles. The zero-order chi connectivity index (χ0) is 6.95. The minimum Gasteiger partial charge on any atom is -0.330 e. The lowest BCUT2D eigenvalue weighted by molar-refractivity contribution is 0.594. The number of hydrogen-bond acceptors (Lipinski definition) is 2. The normalized spacial score (nSPS) is 10.3. The van der Waals surface area contributed by atoms with Crippen LogP contribution in [-0.2, 0) is 4.57 Å². The SMILES string of the molecule is NCCCCCCP=O. The third-order valence-corrected chi connectivity index (χ3v) is 1.70. The fraction of sp³-hybridized carbons (Fsp3) is 1.00. The van der Waals surface area contributed by atoms with Gasteiger partial charge in [-0.05, 0) is 19.4 Å². The summed E-state index contributed by atoms with van der Waals surface area (Å²) < 4.78 is 9.91. The Labute approximate surface area is 58.0 Å². The van der Waals surface area contributed by atoms with Crippen molar-refractivity contribution in [3.05, 3.63) is 0 Å². The van der Waals surface area contributed by atoms with Crippen LogP contribution in [-0.4, -0.2) is 12.7 Å². The zero-order valence-corrected chi connectivity index (χ0v) is 6.57. The smallest absolute Gasteiger partial charge is 0.155 e. The molecule has 0 fully saturated rings. The average molecular weight is 147 g/mol. The Balaban J connectivity index is 2.66. The molecule has 2 N–H and O–H groups in total. The maximum absolute atomic E-state index is 9.91. The summed E-state index contributed by atoms with van der Waals surface area (Å²) in [6.07, 6.45) is 5.35. The van der Waals surface area contributed by atoms with E-state index in [2.05, 4.69) is 0 Å². The standard InChI is InChI=1S/C6H14NOP/c7-5-3-1-2-4-6-9-8/h1-7H2. The van der Waals surface area contributed by atoms with Crippen LogP contribution in [0.4, 0.5) is 0 Å². The average Bonchev–Trinajstić information content (AvgIpc) is 1.89. The molecule has 0 aliphatic heterocycles. The first-order valence-corrected chi connectivity index (χ1v) is 4.40. The number of unbranched alkanes of at least 4 members (excludes halogenated alkanes) is 3. The molecule has 0 heterocycles. The monoisotopic (exact) mass is 147 g/mol. The summed E-state index contributed by atoms with van der Waals surface area (Å²) in [6.45, 7) is 0.787. The number of rotatable bonds is 6. The molecule has 3 heteroatoms. The van der Waals surface area contributed by atoms with Gasteiger partial charge in [0.1, 0.15) is 0 Å². The molecule has 2 nitrogen and oxygen atoms in total. The molecule has 0 bridgehead atoms. The fourth-order valence-electron chi connectivity index (χ4n) is 0.674. The maximum atomic E-state index is 9.91. The molecule has 0 atom stereocenters. The summed E-state index contributed by atoms with van der Waals surface area (Å²) in [5, 5.41) is 0. The molecule has 54 valence electrons. The molecular formula is C6H14NOP. The quantitative estimate of drug-likeness (QED) is 0.459. The third kappa shape index (κ3) is 8.06. The Morgan fingerprint density at radius 3 is 2.33 bits per heavy atom. The minimum absolute atomic E-state index is 0.283. The largest absolute Gasteiger partial charge is 0.330 e. The van der Waals surface area contributed by atoms with Crippen molar-refractivity contribution in [2.75, 3.05) is 12.7 Å². The van der Waals surface area contributed by atoms with Gasteiger partial charge in [-0.15, -0.1) is 0 Å². The first-order chi connectivity index (χ1) is 4.41. The van der Waals surface area contributed by atoms with Crippen LogP contribution in [0.15, 0.2) is 0 Å². The van der Waals surface area contributed by atoms with Gasteiger partial charge < -0.3 is 5.73 Å². The summed E-state index contributed by atoms with van der Waals surface area (Å²) in [7, 11) is 0.283. The highest BCUT2D eigenvalue weighted by Crippen LogP contribution is 2.03. The van der Waals surface area contributed by atoms with Gasteiger partial charge in [0.2, 0.25) is 0 Å². The van der Waals surface area contributed by atoms with Crippen molar-refractivity contribution in [3.8, 4) is 0 Å². The molecule has 0 spiro atoms. The van der Waals surface area contributed by atoms with Crippen LogP contribution in [0.2, 0.25) is 0 Å². The van der Waals surface area contributed by atoms with Crippen LogP contribution in [0.25, 0.3) is 0 Å². The predicted molar refractivity (Wildman–Crippen MR) is 40.0 cm³/mol. The van der Waals surface area contributed by atoms with Crippen molar-refractivity contribution >= 4 is 8.46 Å². The van der Waals surface area contributed by atoms with E-state index in [9.17, 15) is 4.57 Å². The third-order valence-electron chi connectivity index (χ3n) is 1.20. The lowest BCUT2D eigenvalue weighted by Crippen LogP contribution is -1.97. The van der Waals surface area contributed by atoms with Crippen molar-refractivity contribution in [2.24, 2.45) is 5.73 Å². The zero-order valence-electron chi connectivity index (χ0n) is 5.68. The molecule has 0 radical (unpaired) electrons. The van der Waals surface area contributed by atoms with Crippen LogP contribution in [0.3, 0.4) is 0 Å². The summed E-state index contributed by atoms with van der Waals surface area (Å²) in [5.74, 6) is 0. The van der Waals surface area contributed by atoms with E-state index in [0.717, 1.165) is 25.5 Å². The number of nitrogens with two attached hydrogens (primary N) is 1. The molecule has 0 amide bonds. The van der Waals surface area contributed by atoms with Gasteiger partial charge >= 0.3 is 0 Å². The highest BCUT2D eigenvalue weighted by molar-refractivity contribution is 7.23. The topological polar surface area (TPSA) is 43.1 Å². The second-order valence-electron chi connectivity index (χ2n) is 2.06. The molecule has 0 aliphatic rings. The molecule has 0 saturated heterocycles. The van der Waals surface area contributed by atoms with Crippen molar-refractivity contribution < 1.29 is 4.57 Å². The molecule has 0 aromatic carbocycles. The van der Waals surface area contributed by atoms with E-state index in [1.807, 2.05) is 0 Å². The second kappa shape index (κ2) is 8.06. The molecule has 0 unspecified atom stereocenters. The Kier molecular flexibility index (Phi) is 8.11. The van der Waals surface area contributed by atoms with Gasteiger partial charge in [0.25, 0.3) is 0 Å². The van der Waals surface area contributed by atoms with Gasteiger partial charge in [-0.3, -0.25) is 4.57 Å². The number of hydrogen-bond donors (Lipinski definition) is 1. The van der Waals surface area contributed by atoms with E-state index in [-0.39, 0.29) is 8.46 Å². The van der Waals surface area contributed by atoms with Gasteiger partial charge in [0.05, 0.1) is 0 Å². The maximum Gasteiger partial charge on any atom is 0.155 e. The van der Waals surface area contributed by atoms with Crippen LogP contribution in [0.1, 0.15) is 25.7 Å². The summed E-state index contributed by atoms with van der Waals surface area (Å²) >= 11 is 0. The predicted octanol–water partition coefficient (Wildman–Crippen LogP) is 1.80. The van der Waals surface area contributed by atoms with Crippen LogP contribution < -0.4 is 5.73 Å². The van der Waals surface area contributed by atoms with Gasteiger partial charge in [0, 0.05) is 6.16 Å². The van der Waals surface area contributed by atoms with E-state index in [1.54, 1.807) is 0 Å². The van der Waals surface area contributed by atoms with Gasteiger partial charge in [-0.2, -0.15) is 0 Å². The Bertz CT molecular complexity index is 68.1. The lowest BCUT2D eigenvalue weighted by atomic mass is 10.2. The Morgan fingerprint density at radius 1 is 1.11 bits per heavy atom. The molecule has 0 rings (SSSR count). The van der Waals surface area contributed by atoms with Crippen LogP contribution in [0.5, 0.6) is 0 Å². The lowest BCUT2D eigenvalue weighted by Gasteiger charge is -1.93. The van der Waals surface area contributed by atoms with Crippen molar-refractivity contribution in [1.82, 2.24) is 0 Å². The van der Waals surface area contributed by atoms with Crippen molar-refractivity contribution in [3.63, 3.8) is 0 Å². The highest BCUT2D eigenvalue weighted by Gasteiger charge is 1.86. The first kappa shape index (κ1) is 9.06. The molecule has 0 aliphatic carbocycles. The molecule has 0 aromatic rings. The van der Waals surface area contributed by atoms with Crippen LogP contribution in [0, 0.1) is 0 Å². The van der Waals surface area contributed by atoms with E-state index >= 15 is 0 Å². The van der Waals surface area contributed by atoms with E-state index in [1.165, 1.54) is 12.8 Å². The second-order valence-corrected chi connectivity index (χ2v) is 2.76. The van der Waals surface area contributed by atoms with Gasteiger partial charge in [-0.1, -0.05) is 12.8 Å². The van der Waals surface area contributed by atoms with Crippen molar-refractivity contribution in [2.45, 2.75) is 25.7 Å². The molecular weight excluding hydrogens is 133 g/mol. The van der Waals surface area contributed by atoms with Crippen molar-refractivity contribution in [1.29, 1.82) is 0 Å². The fourth-order valence-corrected chi connectivity index (χ4v) is 1.03. The summed E-state index contributed by atoms with van der Waals surface area (Å²) in [5.41, 5.74) is 5.28. The van der Waals surface area contributed by atoms with Gasteiger partial charge in [-0.25, -0.2) is 0 Å². The van der Waals surface area contributed by atoms with E-state index in [0.29, 0.717) is 0 Å². The van der Waals surface area contributed by atoms with E-state index < -0.39 is 0 Å². The molecule has 9 heavy (non-hydrogen) atoms. The van der Waals surface area contributed by atoms with Crippen LogP contribution >= 0.6 is 8.46 Å². The van der Waals surface area contributed by atoms with E-state index in [4.69, 9.17) is 5.73 Å².